The quantitative estimate of drug-likeness (QED) is 0.485. The smallest absolute Gasteiger partial charge is 0.131 e. The molecule has 0 amide bonds. The van der Waals surface area contributed by atoms with Crippen LogP contribution in [0, 0.1) is 0 Å². The molecule has 0 aliphatic heterocycles. The Hall–Kier alpha value is -0.615. The van der Waals surface area contributed by atoms with Crippen LogP contribution in [0.2, 0.25) is 0 Å². The molecule has 0 heterocycles. The van der Waals surface area contributed by atoms with Gasteiger partial charge < -0.3 is 0 Å². The Morgan fingerprint density at radius 2 is 1.93 bits per heavy atom. The highest BCUT2D eigenvalue weighted by atomic mass is 31.0. The maximum atomic E-state index is 13.5. The Morgan fingerprint density at radius 1 is 1.29 bits per heavy atom. The van der Waals surface area contributed by atoms with E-state index in [1.165, 1.54) is 0 Å². The van der Waals surface area contributed by atoms with Gasteiger partial charge in [-0.25, -0.2) is 4.39 Å². The van der Waals surface area contributed by atoms with Crippen molar-refractivity contribution in [2.24, 2.45) is 0 Å². The van der Waals surface area contributed by atoms with Gasteiger partial charge in [-0.15, -0.1) is 0 Å². The molecule has 1 aromatic carbocycles. The van der Waals surface area contributed by atoms with Crippen LogP contribution in [0.15, 0.2) is 30.3 Å². The molecule has 2 atom stereocenters. The average Bonchev–Trinajstić information content (AvgIpc) is 2.47. The Kier molecular flexibility index (Phi) is 2.49. The second-order valence-electron chi connectivity index (χ2n) is 3.77. The average molecular weight is 204 g/mol. The molecular formula is C11H11BFP. The van der Waals surface area contributed by atoms with Gasteiger partial charge in [0.05, 0.1) is 0 Å². The van der Waals surface area contributed by atoms with Crippen LogP contribution < -0.4 is 5.46 Å². The first-order valence-electron chi connectivity index (χ1n) is 4.60. The van der Waals surface area contributed by atoms with E-state index in [-0.39, 0.29) is 0 Å². The summed E-state index contributed by atoms with van der Waals surface area (Å²) in [6.07, 6.45) is 2.91. The van der Waals surface area contributed by atoms with Crippen molar-refractivity contribution in [1.29, 1.82) is 0 Å². The zero-order chi connectivity index (χ0) is 10.2. The molecule has 14 heavy (non-hydrogen) atoms. The zero-order valence-electron chi connectivity index (χ0n) is 7.83. The Balaban J connectivity index is 2.22. The number of alkyl halides is 1. The van der Waals surface area contributed by atoms with E-state index in [0.29, 0.717) is 12.8 Å². The van der Waals surface area contributed by atoms with E-state index in [1.807, 2.05) is 30.3 Å². The van der Waals surface area contributed by atoms with Crippen molar-refractivity contribution >= 4 is 28.1 Å². The summed E-state index contributed by atoms with van der Waals surface area (Å²) in [6, 6.07) is 7.56. The third-order valence-corrected chi connectivity index (χ3v) is 2.89. The Morgan fingerprint density at radius 3 is 2.43 bits per heavy atom. The molecule has 2 radical (unpaired) electrons. The molecule has 0 saturated heterocycles. The molecule has 1 aromatic rings. The molecule has 1 aliphatic rings. The van der Waals surface area contributed by atoms with Gasteiger partial charge in [0.15, 0.2) is 0 Å². The summed E-state index contributed by atoms with van der Waals surface area (Å²) in [5, 5.41) is -1.14. The molecule has 0 nitrogen and oxygen atoms in total. The molecule has 2 rings (SSSR count). The van der Waals surface area contributed by atoms with Gasteiger partial charge in [-0.05, 0) is 11.1 Å². The second kappa shape index (κ2) is 3.51. The lowest BCUT2D eigenvalue weighted by Gasteiger charge is -2.12. The summed E-state index contributed by atoms with van der Waals surface area (Å²) < 4.78 is 13.5. The van der Waals surface area contributed by atoms with Gasteiger partial charge in [0.25, 0.3) is 0 Å². The van der Waals surface area contributed by atoms with Crippen LogP contribution in [-0.2, 0) is 0 Å². The van der Waals surface area contributed by atoms with Crippen LogP contribution in [0.25, 0.3) is 5.57 Å². The second-order valence-corrected chi connectivity index (χ2v) is 4.80. The largest absolute Gasteiger partial charge is 0.239 e. The van der Waals surface area contributed by atoms with E-state index >= 15 is 0 Å². The van der Waals surface area contributed by atoms with Crippen LogP contribution in [0.5, 0.6) is 0 Å². The summed E-state index contributed by atoms with van der Waals surface area (Å²) in [5.74, 6) is 0. The molecule has 0 N–H and O–H groups in total. The van der Waals surface area contributed by atoms with Gasteiger partial charge in [-0.3, -0.25) is 0 Å². The van der Waals surface area contributed by atoms with Gasteiger partial charge in [0, 0.05) is 12.8 Å². The third-order valence-electron chi connectivity index (χ3n) is 2.45. The van der Waals surface area contributed by atoms with E-state index in [4.69, 9.17) is 7.85 Å². The van der Waals surface area contributed by atoms with E-state index in [2.05, 4.69) is 9.24 Å². The first-order chi connectivity index (χ1) is 6.57. The molecule has 0 saturated carbocycles. The fraction of sp³-hybridized carbons (Fsp3) is 0.273. The van der Waals surface area contributed by atoms with Gasteiger partial charge in [0.1, 0.15) is 13.3 Å². The SMILES string of the molecule is [B]c1ccc(C2=CCC(F)(P)C2)cc1. The molecule has 2 unspecified atom stereocenters. The summed E-state index contributed by atoms with van der Waals surface area (Å²) in [6.45, 7) is 0. The predicted octanol–water partition coefficient (Wildman–Crippen LogP) is 2.20. The normalized spacial score (nSPS) is 26.3. The minimum atomic E-state index is -1.14. The highest BCUT2D eigenvalue weighted by molar-refractivity contribution is 7.18. The Labute approximate surface area is 87.2 Å². The maximum Gasteiger partial charge on any atom is 0.131 e. The number of hydrogen-bond donors (Lipinski definition) is 0. The van der Waals surface area contributed by atoms with Crippen LogP contribution in [0.4, 0.5) is 4.39 Å². The van der Waals surface area contributed by atoms with Crippen LogP contribution in [0.3, 0.4) is 0 Å². The van der Waals surface area contributed by atoms with E-state index in [1.54, 1.807) is 0 Å². The first-order valence-corrected chi connectivity index (χ1v) is 5.17. The van der Waals surface area contributed by atoms with Crippen LogP contribution >= 0.6 is 9.24 Å². The van der Waals surface area contributed by atoms with Crippen molar-refractivity contribution in [2.45, 2.75) is 18.3 Å². The number of hydrogen-bond acceptors (Lipinski definition) is 0. The summed E-state index contributed by atoms with van der Waals surface area (Å²) in [5.41, 5.74) is 2.88. The van der Waals surface area contributed by atoms with E-state index in [0.717, 1.165) is 16.6 Å². The van der Waals surface area contributed by atoms with Gasteiger partial charge in [-0.2, -0.15) is 0 Å². The summed E-state index contributed by atoms with van der Waals surface area (Å²) >= 11 is 0. The monoisotopic (exact) mass is 204 g/mol. The minimum Gasteiger partial charge on any atom is -0.239 e. The van der Waals surface area contributed by atoms with Crippen molar-refractivity contribution in [3.05, 3.63) is 35.9 Å². The first kappa shape index (κ1) is 9.92. The van der Waals surface area contributed by atoms with Crippen LogP contribution in [-0.4, -0.2) is 13.3 Å². The topological polar surface area (TPSA) is 0 Å². The van der Waals surface area contributed by atoms with Crippen molar-refractivity contribution in [1.82, 2.24) is 0 Å². The van der Waals surface area contributed by atoms with E-state index < -0.39 is 5.41 Å². The molecule has 0 bridgehead atoms. The fourth-order valence-electron chi connectivity index (χ4n) is 1.67. The fourth-order valence-corrected chi connectivity index (χ4v) is 2.01. The highest BCUT2D eigenvalue weighted by Crippen LogP contribution is 2.42. The molecule has 3 heteroatoms. The van der Waals surface area contributed by atoms with E-state index in [9.17, 15) is 4.39 Å². The number of halogens is 1. The molecule has 70 valence electrons. The zero-order valence-corrected chi connectivity index (χ0v) is 8.99. The predicted molar refractivity (Wildman–Crippen MR) is 62.6 cm³/mol. The minimum absolute atomic E-state index is 0.474. The lowest BCUT2D eigenvalue weighted by Crippen LogP contribution is -2.06. The maximum absolute atomic E-state index is 13.5. The lowest BCUT2D eigenvalue weighted by molar-refractivity contribution is 0.308. The van der Waals surface area contributed by atoms with Gasteiger partial charge >= 0.3 is 0 Å². The summed E-state index contributed by atoms with van der Waals surface area (Å²) in [7, 11) is 7.85. The third kappa shape index (κ3) is 2.06. The van der Waals surface area contributed by atoms with Crippen LogP contribution in [0.1, 0.15) is 18.4 Å². The van der Waals surface area contributed by atoms with Crippen molar-refractivity contribution in [2.75, 3.05) is 0 Å². The molecule has 0 aromatic heterocycles. The molecule has 0 fully saturated rings. The summed E-state index contributed by atoms with van der Waals surface area (Å²) in [4.78, 5) is 0. The lowest BCUT2D eigenvalue weighted by atomic mass is 9.93. The molecule has 1 aliphatic carbocycles. The number of rotatable bonds is 1. The van der Waals surface area contributed by atoms with Crippen molar-refractivity contribution in [3.8, 4) is 0 Å². The van der Waals surface area contributed by atoms with Crippen molar-refractivity contribution < 1.29 is 4.39 Å². The van der Waals surface area contributed by atoms with Crippen molar-refractivity contribution in [3.63, 3.8) is 0 Å². The highest BCUT2D eigenvalue weighted by Gasteiger charge is 2.29. The standard InChI is InChI=1S/C11H11BFP/c12-10-3-1-8(2-4-10)9-5-6-11(13,14)7-9/h1-5H,6-7,14H2. The molecular weight excluding hydrogens is 193 g/mol. The molecule has 0 spiro atoms. The van der Waals surface area contributed by atoms with Gasteiger partial charge in [0.2, 0.25) is 0 Å². The van der Waals surface area contributed by atoms with Gasteiger partial charge in [-0.1, -0.05) is 45.0 Å². The number of benzene rings is 1. The number of allylic oxidation sites excluding steroid dienone is 2. The Bertz CT molecular complexity index is 367.